The molecule has 17 heavy (non-hydrogen) atoms. The summed E-state index contributed by atoms with van der Waals surface area (Å²) in [5, 5.41) is 0. The molecule has 5 heteroatoms. The van der Waals surface area contributed by atoms with Gasteiger partial charge < -0.3 is 0 Å². The molecule has 0 aromatic carbocycles. The van der Waals surface area contributed by atoms with Crippen LogP contribution in [0.3, 0.4) is 0 Å². The van der Waals surface area contributed by atoms with E-state index in [1.807, 2.05) is 0 Å². The molecule has 0 aliphatic rings. The number of halogens is 5. The third-order valence-corrected chi connectivity index (χ3v) is 2.71. The number of hydrogen-bond donors (Lipinski definition) is 0. The molecule has 0 rings (SSSR count). The Balaban J connectivity index is 3.48. The largest absolute Gasteiger partial charge is 0.422 e. The van der Waals surface area contributed by atoms with Crippen LogP contribution < -0.4 is 0 Å². The molecule has 0 saturated carbocycles. The summed E-state index contributed by atoms with van der Waals surface area (Å²) in [5.74, 6) is 0. The Hall–Kier alpha value is -0.350. The quantitative estimate of drug-likeness (QED) is 0.386. The van der Waals surface area contributed by atoms with E-state index < -0.39 is 18.5 Å². The third-order valence-electron chi connectivity index (χ3n) is 2.71. The first-order valence-corrected chi connectivity index (χ1v) is 6.24. The van der Waals surface area contributed by atoms with Crippen molar-refractivity contribution < 1.29 is 22.0 Å². The topological polar surface area (TPSA) is 0 Å². The van der Waals surface area contributed by atoms with Gasteiger partial charge in [0.25, 0.3) is 0 Å². The van der Waals surface area contributed by atoms with Gasteiger partial charge >= 0.3 is 6.18 Å². The Kier molecular flexibility index (Phi) is 8.52. The molecule has 0 aromatic heterocycles. The standard InChI is InChI=1S/C12H21F5/c1-2-3-4-5-6-7-8-9-10(13)11(14)12(15,16)17/h10-11H,2-9H2,1H3. The summed E-state index contributed by atoms with van der Waals surface area (Å²) < 4.78 is 60.7. The molecule has 0 nitrogen and oxygen atoms in total. The first-order chi connectivity index (χ1) is 7.89. The van der Waals surface area contributed by atoms with Crippen molar-refractivity contribution in [3.8, 4) is 0 Å². The van der Waals surface area contributed by atoms with E-state index in [1.165, 1.54) is 0 Å². The fraction of sp³-hybridized carbons (Fsp3) is 1.00. The normalized spacial score (nSPS) is 15.9. The lowest BCUT2D eigenvalue weighted by molar-refractivity contribution is -0.196. The Morgan fingerprint density at radius 1 is 0.824 bits per heavy atom. The van der Waals surface area contributed by atoms with Gasteiger partial charge in [-0.1, -0.05) is 51.9 Å². The van der Waals surface area contributed by atoms with E-state index >= 15 is 0 Å². The molecule has 0 fully saturated rings. The van der Waals surface area contributed by atoms with Crippen molar-refractivity contribution >= 4 is 0 Å². The highest BCUT2D eigenvalue weighted by Crippen LogP contribution is 2.29. The fourth-order valence-electron chi connectivity index (χ4n) is 1.65. The van der Waals surface area contributed by atoms with E-state index in [4.69, 9.17) is 0 Å². The monoisotopic (exact) mass is 260 g/mol. The smallest absolute Gasteiger partial charge is 0.244 e. The van der Waals surface area contributed by atoms with Crippen LogP contribution in [0.2, 0.25) is 0 Å². The van der Waals surface area contributed by atoms with Crippen molar-refractivity contribution in [3.05, 3.63) is 0 Å². The van der Waals surface area contributed by atoms with E-state index in [2.05, 4.69) is 6.92 Å². The summed E-state index contributed by atoms with van der Waals surface area (Å²) in [6.07, 6.45) is -4.88. The van der Waals surface area contributed by atoms with Gasteiger partial charge in [-0.05, 0) is 6.42 Å². The molecule has 2 atom stereocenters. The summed E-state index contributed by atoms with van der Waals surface area (Å²) in [5.41, 5.74) is 0. The van der Waals surface area contributed by atoms with Crippen LogP contribution in [0, 0.1) is 0 Å². The zero-order valence-electron chi connectivity index (χ0n) is 10.2. The summed E-state index contributed by atoms with van der Waals surface area (Å²) in [4.78, 5) is 0. The zero-order valence-corrected chi connectivity index (χ0v) is 10.2. The van der Waals surface area contributed by atoms with Crippen molar-refractivity contribution in [2.24, 2.45) is 0 Å². The van der Waals surface area contributed by atoms with E-state index in [9.17, 15) is 22.0 Å². The minimum absolute atomic E-state index is 0.323. The van der Waals surface area contributed by atoms with Crippen LogP contribution >= 0.6 is 0 Å². The maximum absolute atomic E-state index is 12.8. The highest BCUT2D eigenvalue weighted by molar-refractivity contribution is 4.75. The maximum atomic E-state index is 12.8. The summed E-state index contributed by atoms with van der Waals surface area (Å²) in [6.45, 7) is 2.09. The number of hydrogen-bond acceptors (Lipinski definition) is 0. The van der Waals surface area contributed by atoms with Crippen LogP contribution in [-0.4, -0.2) is 18.5 Å². The lowest BCUT2D eigenvalue weighted by Gasteiger charge is -2.16. The highest BCUT2D eigenvalue weighted by Gasteiger charge is 2.45. The molecule has 0 heterocycles. The van der Waals surface area contributed by atoms with Crippen molar-refractivity contribution in [1.29, 1.82) is 0 Å². The first-order valence-electron chi connectivity index (χ1n) is 6.24. The van der Waals surface area contributed by atoms with Crippen LogP contribution in [0.1, 0.15) is 58.3 Å². The minimum Gasteiger partial charge on any atom is -0.244 e. The molecule has 0 amide bonds. The molecule has 0 aromatic rings. The van der Waals surface area contributed by atoms with Gasteiger partial charge in [0, 0.05) is 0 Å². The van der Waals surface area contributed by atoms with Crippen molar-refractivity contribution in [2.75, 3.05) is 0 Å². The van der Waals surface area contributed by atoms with Gasteiger partial charge in [-0.2, -0.15) is 13.2 Å². The molecule has 0 radical (unpaired) electrons. The van der Waals surface area contributed by atoms with Gasteiger partial charge in [-0.3, -0.25) is 0 Å². The van der Waals surface area contributed by atoms with E-state index in [0.717, 1.165) is 32.1 Å². The second-order valence-electron chi connectivity index (χ2n) is 4.37. The molecule has 104 valence electrons. The molecule has 2 unspecified atom stereocenters. The van der Waals surface area contributed by atoms with Gasteiger partial charge in [-0.15, -0.1) is 0 Å². The zero-order chi connectivity index (χ0) is 13.3. The number of rotatable bonds is 9. The molecule has 0 saturated heterocycles. The van der Waals surface area contributed by atoms with Gasteiger partial charge in [-0.25, -0.2) is 8.78 Å². The highest BCUT2D eigenvalue weighted by atomic mass is 19.4. The SMILES string of the molecule is CCCCCCCCCC(F)C(F)C(F)(F)F. The van der Waals surface area contributed by atoms with Crippen LogP contribution in [0.4, 0.5) is 22.0 Å². The molecular weight excluding hydrogens is 239 g/mol. The van der Waals surface area contributed by atoms with Crippen LogP contribution in [0.5, 0.6) is 0 Å². The molecule has 0 aliphatic heterocycles. The average molecular weight is 260 g/mol. The molecule has 0 N–H and O–H groups in total. The van der Waals surface area contributed by atoms with Gasteiger partial charge in [0.1, 0.15) is 6.17 Å². The lowest BCUT2D eigenvalue weighted by Crippen LogP contribution is -2.33. The third kappa shape index (κ3) is 8.38. The lowest BCUT2D eigenvalue weighted by atomic mass is 10.0. The van der Waals surface area contributed by atoms with E-state index in [-0.39, 0.29) is 6.42 Å². The van der Waals surface area contributed by atoms with E-state index in [0.29, 0.717) is 12.8 Å². The van der Waals surface area contributed by atoms with Crippen molar-refractivity contribution in [3.63, 3.8) is 0 Å². The summed E-state index contributed by atoms with van der Waals surface area (Å²) in [6, 6.07) is 0. The van der Waals surface area contributed by atoms with Crippen LogP contribution in [-0.2, 0) is 0 Å². The number of alkyl halides is 5. The maximum Gasteiger partial charge on any atom is 0.422 e. The molecule has 0 bridgehead atoms. The first kappa shape index (κ1) is 16.6. The van der Waals surface area contributed by atoms with Gasteiger partial charge in [0.15, 0.2) is 0 Å². The van der Waals surface area contributed by atoms with Gasteiger partial charge in [0.05, 0.1) is 0 Å². The Morgan fingerprint density at radius 2 is 1.29 bits per heavy atom. The average Bonchev–Trinajstić information content (AvgIpc) is 2.25. The second-order valence-corrected chi connectivity index (χ2v) is 4.37. The predicted molar refractivity (Wildman–Crippen MR) is 58.5 cm³/mol. The fourth-order valence-corrected chi connectivity index (χ4v) is 1.65. The number of unbranched alkanes of at least 4 members (excludes halogenated alkanes) is 6. The van der Waals surface area contributed by atoms with E-state index in [1.54, 1.807) is 0 Å². The Labute approximate surface area is 99.6 Å². The van der Waals surface area contributed by atoms with Crippen LogP contribution in [0.15, 0.2) is 0 Å². The van der Waals surface area contributed by atoms with Crippen LogP contribution in [0.25, 0.3) is 0 Å². The Bertz CT molecular complexity index is 178. The minimum atomic E-state index is -5.07. The molecular formula is C12H21F5. The second kappa shape index (κ2) is 8.70. The Morgan fingerprint density at radius 3 is 1.76 bits per heavy atom. The predicted octanol–water partition coefficient (Wildman–Crippen LogP) is 5.37. The molecule has 0 spiro atoms. The van der Waals surface area contributed by atoms with Crippen molar-refractivity contribution in [2.45, 2.75) is 76.8 Å². The van der Waals surface area contributed by atoms with Crippen molar-refractivity contribution in [1.82, 2.24) is 0 Å². The molecule has 0 aliphatic carbocycles. The van der Waals surface area contributed by atoms with Gasteiger partial charge in [0.2, 0.25) is 6.17 Å². The summed E-state index contributed by atoms with van der Waals surface area (Å²) in [7, 11) is 0. The summed E-state index contributed by atoms with van der Waals surface area (Å²) >= 11 is 0.